The Morgan fingerprint density at radius 2 is 1.68 bits per heavy atom. The van der Waals surface area contributed by atoms with Crippen molar-refractivity contribution in [2.24, 2.45) is 0 Å². The summed E-state index contributed by atoms with van der Waals surface area (Å²) in [6.45, 7) is 3.54. The van der Waals surface area contributed by atoms with E-state index in [1.807, 2.05) is 41.1 Å². The van der Waals surface area contributed by atoms with E-state index in [2.05, 4.69) is 15.1 Å². The Morgan fingerprint density at radius 1 is 0.968 bits per heavy atom. The molecule has 0 spiro atoms. The Kier molecular flexibility index (Phi) is 5.42. The fourth-order valence-electron chi connectivity index (χ4n) is 4.03. The highest BCUT2D eigenvalue weighted by Crippen LogP contribution is 2.40. The van der Waals surface area contributed by atoms with Crippen LogP contribution in [0.25, 0.3) is 5.69 Å². The second kappa shape index (κ2) is 8.51. The molecule has 0 unspecified atom stereocenters. The molecule has 1 aliphatic carbocycles. The molecule has 1 saturated heterocycles. The highest BCUT2D eigenvalue weighted by molar-refractivity contribution is 5.91. The summed E-state index contributed by atoms with van der Waals surface area (Å²) in [7, 11) is 0. The lowest BCUT2D eigenvalue weighted by molar-refractivity contribution is -0.117. The van der Waals surface area contributed by atoms with Gasteiger partial charge in [-0.25, -0.2) is 9.07 Å². The maximum Gasteiger partial charge on any atom is 0.239 e. The topological polar surface area (TPSA) is 53.4 Å². The van der Waals surface area contributed by atoms with Gasteiger partial charge in [0.05, 0.1) is 17.9 Å². The summed E-state index contributed by atoms with van der Waals surface area (Å²) in [6.07, 6.45) is 2.33. The van der Waals surface area contributed by atoms with Crippen LogP contribution in [0, 0.1) is 5.82 Å². The van der Waals surface area contributed by atoms with Crippen LogP contribution in [0.3, 0.4) is 0 Å². The first-order chi connectivity index (χ1) is 15.2. The molecule has 2 aromatic carbocycles. The number of para-hydroxylation sites is 1. The maximum atomic E-state index is 13.1. The SMILES string of the molecule is O=C(CN1CCN(c2ccc(F)cc2)CC1)Nc1cc(C2CC2)nn1-c1ccccc1. The van der Waals surface area contributed by atoms with Crippen molar-refractivity contribution in [3.63, 3.8) is 0 Å². The lowest BCUT2D eigenvalue weighted by atomic mass is 10.2. The number of nitrogens with zero attached hydrogens (tertiary/aromatic N) is 4. The van der Waals surface area contributed by atoms with Crippen molar-refractivity contribution < 1.29 is 9.18 Å². The summed E-state index contributed by atoms with van der Waals surface area (Å²) >= 11 is 0. The van der Waals surface area contributed by atoms with Gasteiger partial charge in [-0.2, -0.15) is 5.10 Å². The normalized spacial score (nSPS) is 17.0. The van der Waals surface area contributed by atoms with Gasteiger partial charge in [-0.05, 0) is 49.2 Å². The number of halogens is 1. The number of anilines is 2. The van der Waals surface area contributed by atoms with Gasteiger partial charge >= 0.3 is 0 Å². The predicted molar refractivity (Wildman–Crippen MR) is 119 cm³/mol. The number of hydrogen-bond donors (Lipinski definition) is 1. The maximum absolute atomic E-state index is 13.1. The molecule has 0 radical (unpaired) electrons. The Morgan fingerprint density at radius 3 is 2.35 bits per heavy atom. The van der Waals surface area contributed by atoms with Crippen LogP contribution in [0.1, 0.15) is 24.5 Å². The zero-order chi connectivity index (χ0) is 21.2. The van der Waals surface area contributed by atoms with Crippen LogP contribution in [-0.2, 0) is 4.79 Å². The predicted octanol–water partition coefficient (Wildman–Crippen LogP) is 3.65. The van der Waals surface area contributed by atoms with Crippen molar-refractivity contribution in [2.45, 2.75) is 18.8 Å². The third-order valence-electron chi connectivity index (χ3n) is 5.92. The smallest absolute Gasteiger partial charge is 0.239 e. The van der Waals surface area contributed by atoms with Gasteiger partial charge in [0.15, 0.2) is 0 Å². The Hall–Kier alpha value is -3.19. The Bertz CT molecular complexity index is 1040. The molecule has 2 aliphatic rings. The van der Waals surface area contributed by atoms with Crippen LogP contribution in [0.4, 0.5) is 15.9 Å². The third kappa shape index (κ3) is 4.61. The third-order valence-corrected chi connectivity index (χ3v) is 5.92. The molecular weight excluding hydrogens is 393 g/mol. The summed E-state index contributed by atoms with van der Waals surface area (Å²) in [5.74, 6) is 0.983. The molecule has 1 N–H and O–H groups in total. The number of piperazine rings is 1. The summed E-state index contributed by atoms with van der Waals surface area (Å²) in [5, 5.41) is 7.82. The fourth-order valence-corrected chi connectivity index (χ4v) is 4.03. The van der Waals surface area contributed by atoms with E-state index in [1.54, 1.807) is 12.1 Å². The number of aromatic nitrogens is 2. The molecule has 7 heteroatoms. The lowest BCUT2D eigenvalue weighted by Crippen LogP contribution is -2.48. The van der Waals surface area contributed by atoms with Crippen LogP contribution in [0.15, 0.2) is 60.7 Å². The number of hydrogen-bond acceptors (Lipinski definition) is 4. The fraction of sp³-hybridized carbons (Fsp3) is 0.333. The molecule has 160 valence electrons. The average Bonchev–Trinajstić information content (AvgIpc) is 3.56. The molecule has 1 aromatic heterocycles. The summed E-state index contributed by atoms with van der Waals surface area (Å²) in [4.78, 5) is 17.2. The molecule has 1 saturated carbocycles. The van der Waals surface area contributed by atoms with Gasteiger partial charge in [0.25, 0.3) is 0 Å². The first-order valence-corrected chi connectivity index (χ1v) is 10.8. The summed E-state index contributed by atoms with van der Waals surface area (Å²) in [5.41, 5.74) is 3.01. The highest BCUT2D eigenvalue weighted by Gasteiger charge is 2.28. The number of amides is 1. The van der Waals surface area contributed by atoms with Gasteiger partial charge in [0, 0.05) is 43.9 Å². The summed E-state index contributed by atoms with van der Waals surface area (Å²) in [6, 6.07) is 18.5. The molecule has 2 heterocycles. The van der Waals surface area contributed by atoms with E-state index in [9.17, 15) is 9.18 Å². The van der Waals surface area contributed by atoms with Crippen molar-refractivity contribution >= 4 is 17.4 Å². The van der Waals surface area contributed by atoms with Crippen LogP contribution in [-0.4, -0.2) is 53.3 Å². The van der Waals surface area contributed by atoms with Gasteiger partial charge in [0.1, 0.15) is 11.6 Å². The molecule has 1 amide bonds. The minimum atomic E-state index is -0.223. The molecule has 5 rings (SSSR count). The van der Waals surface area contributed by atoms with Crippen molar-refractivity contribution in [3.8, 4) is 5.69 Å². The van der Waals surface area contributed by atoms with E-state index in [4.69, 9.17) is 5.10 Å². The van der Waals surface area contributed by atoms with E-state index in [0.29, 0.717) is 12.5 Å². The van der Waals surface area contributed by atoms with E-state index >= 15 is 0 Å². The monoisotopic (exact) mass is 419 g/mol. The number of carbonyl (C=O) groups excluding carboxylic acids is 1. The number of carbonyl (C=O) groups is 1. The van der Waals surface area contributed by atoms with Crippen molar-refractivity contribution in [1.29, 1.82) is 0 Å². The van der Waals surface area contributed by atoms with E-state index in [1.165, 1.54) is 12.1 Å². The lowest BCUT2D eigenvalue weighted by Gasteiger charge is -2.35. The van der Waals surface area contributed by atoms with Crippen LogP contribution >= 0.6 is 0 Å². The van der Waals surface area contributed by atoms with Crippen molar-refractivity contribution in [3.05, 3.63) is 72.2 Å². The first kappa shape index (κ1) is 19.8. The average molecular weight is 420 g/mol. The molecular formula is C24H26FN5O. The van der Waals surface area contributed by atoms with E-state index in [-0.39, 0.29) is 11.7 Å². The van der Waals surface area contributed by atoms with Gasteiger partial charge in [-0.1, -0.05) is 18.2 Å². The van der Waals surface area contributed by atoms with E-state index < -0.39 is 0 Å². The zero-order valence-electron chi connectivity index (χ0n) is 17.4. The molecule has 0 atom stereocenters. The molecule has 31 heavy (non-hydrogen) atoms. The molecule has 1 aliphatic heterocycles. The Labute approximate surface area is 181 Å². The van der Waals surface area contributed by atoms with Crippen molar-refractivity contribution in [2.75, 3.05) is 42.9 Å². The Balaban J connectivity index is 1.21. The van der Waals surface area contributed by atoms with E-state index in [0.717, 1.165) is 61.9 Å². The first-order valence-electron chi connectivity index (χ1n) is 10.8. The van der Waals surface area contributed by atoms with Gasteiger partial charge in [-0.15, -0.1) is 0 Å². The van der Waals surface area contributed by atoms with Gasteiger partial charge in [0.2, 0.25) is 5.91 Å². The quantitative estimate of drug-likeness (QED) is 0.663. The van der Waals surface area contributed by atoms with Crippen molar-refractivity contribution in [1.82, 2.24) is 14.7 Å². The standard InChI is InChI=1S/C24H26FN5O/c25-19-8-10-20(11-9-19)29-14-12-28(13-15-29)17-24(31)26-23-16-22(18-6-7-18)27-30(23)21-4-2-1-3-5-21/h1-5,8-11,16,18H,6-7,12-15,17H2,(H,26,31). The highest BCUT2D eigenvalue weighted by atomic mass is 19.1. The van der Waals surface area contributed by atoms with Gasteiger partial charge < -0.3 is 10.2 Å². The zero-order valence-corrected chi connectivity index (χ0v) is 17.4. The molecule has 0 bridgehead atoms. The van der Waals surface area contributed by atoms with Crippen LogP contribution in [0.5, 0.6) is 0 Å². The second-order valence-corrected chi connectivity index (χ2v) is 8.26. The summed E-state index contributed by atoms with van der Waals surface area (Å²) < 4.78 is 15.0. The van der Waals surface area contributed by atoms with Crippen LogP contribution < -0.4 is 10.2 Å². The minimum absolute atomic E-state index is 0.0327. The minimum Gasteiger partial charge on any atom is -0.369 e. The van der Waals surface area contributed by atoms with Crippen LogP contribution in [0.2, 0.25) is 0 Å². The number of rotatable bonds is 6. The largest absolute Gasteiger partial charge is 0.369 e. The number of benzene rings is 2. The van der Waals surface area contributed by atoms with Gasteiger partial charge in [-0.3, -0.25) is 9.69 Å². The molecule has 6 nitrogen and oxygen atoms in total. The molecule has 2 fully saturated rings. The number of nitrogens with one attached hydrogen (secondary N) is 1. The second-order valence-electron chi connectivity index (χ2n) is 8.26. The molecule has 3 aromatic rings.